The molecule has 0 spiro atoms. The number of Topliss-reactive ketones (excluding diaryl/α,β-unsaturated/α-hetero) is 1. The number of carbonyl (C=O) groups is 1. The van der Waals surface area contributed by atoms with Crippen LogP contribution in [-0.4, -0.2) is 10.8 Å². The van der Waals surface area contributed by atoms with Crippen molar-refractivity contribution in [1.82, 2.24) is 4.98 Å². The summed E-state index contributed by atoms with van der Waals surface area (Å²) in [6, 6.07) is 7.77. The number of halogens is 1. The van der Waals surface area contributed by atoms with Crippen molar-refractivity contribution >= 4 is 5.78 Å². The quantitative estimate of drug-likeness (QED) is 0.757. The van der Waals surface area contributed by atoms with E-state index in [2.05, 4.69) is 4.98 Å². The molecular weight excluding hydrogens is 217 g/mol. The summed E-state index contributed by atoms with van der Waals surface area (Å²) in [6.07, 6.45) is 3.50. The summed E-state index contributed by atoms with van der Waals surface area (Å²) in [7, 11) is 0. The topological polar surface area (TPSA) is 30.0 Å². The fourth-order valence-electron chi connectivity index (χ4n) is 1.64. The van der Waals surface area contributed by atoms with Crippen LogP contribution in [0.3, 0.4) is 0 Å². The number of ketones is 1. The SMILES string of the molecule is Cc1ccncc1C(=O)Cc1ccc(F)cc1. The lowest BCUT2D eigenvalue weighted by molar-refractivity contribution is 0.0992. The summed E-state index contributed by atoms with van der Waals surface area (Å²) in [4.78, 5) is 15.9. The molecule has 0 bridgehead atoms. The summed E-state index contributed by atoms with van der Waals surface area (Å²) in [5.41, 5.74) is 2.34. The zero-order valence-corrected chi connectivity index (χ0v) is 9.48. The van der Waals surface area contributed by atoms with Gasteiger partial charge in [-0.1, -0.05) is 12.1 Å². The van der Waals surface area contributed by atoms with Crippen LogP contribution >= 0.6 is 0 Å². The van der Waals surface area contributed by atoms with Gasteiger partial charge in [0.1, 0.15) is 5.82 Å². The van der Waals surface area contributed by atoms with Crippen molar-refractivity contribution in [2.24, 2.45) is 0 Å². The lowest BCUT2D eigenvalue weighted by atomic mass is 10.0. The van der Waals surface area contributed by atoms with Gasteiger partial charge in [0.2, 0.25) is 0 Å². The number of hydrogen-bond acceptors (Lipinski definition) is 2. The van der Waals surface area contributed by atoms with E-state index in [9.17, 15) is 9.18 Å². The first kappa shape index (κ1) is 11.5. The van der Waals surface area contributed by atoms with Crippen LogP contribution in [0.4, 0.5) is 4.39 Å². The molecule has 0 N–H and O–H groups in total. The molecule has 17 heavy (non-hydrogen) atoms. The molecule has 2 rings (SSSR count). The standard InChI is InChI=1S/C14H12FNO/c1-10-6-7-16-9-13(10)14(17)8-11-2-4-12(15)5-3-11/h2-7,9H,8H2,1H3. The number of aryl methyl sites for hydroxylation is 1. The van der Waals surface area contributed by atoms with Gasteiger partial charge in [-0.25, -0.2) is 4.39 Å². The summed E-state index contributed by atoms with van der Waals surface area (Å²) in [5, 5.41) is 0. The second-order valence-corrected chi connectivity index (χ2v) is 3.92. The van der Waals surface area contributed by atoms with Crippen LogP contribution in [0.15, 0.2) is 42.7 Å². The van der Waals surface area contributed by atoms with Crippen LogP contribution in [0.1, 0.15) is 21.5 Å². The van der Waals surface area contributed by atoms with E-state index in [4.69, 9.17) is 0 Å². The molecule has 0 amide bonds. The molecule has 0 saturated carbocycles. The normalized spacial score (nSPS) is 10.2. The summed E-state index contributed by atoms with van der Waals surface area (Å²) < 4.78 is 12.7. The minimum Gasteiger partial charge on any atom is -0.294 e. The van der Waals surface area contributed by atoms with Gasteiger partial charge >= 0.3 is 0 Å². The van der Waals surface area contributed by atoms with Crippen molar-refractivity contribution < 1.29 is 9.18 Å². The predicted molar refractivity (Wildman–Crippen MR) is 63.4 cm³/mol. The van der Waals surface area contributed by atoms with Gasteiger partial charge in [-0.05, 0) is 36.2 Å². The monoisotopic (exact) mass is 229 g/mol. The van der Waals surface area contributed by atoms with Gasteiger partial charge in [-0.2, -0.15) is 0 Å². The highest BCUT2D eigenvalue weighted by atomic mass is 19.1. The fraction of sp³-hybridized carbons (Fsp3) is 0.143. The molecule has 0 fully saturated rings. The van der Waals surface area contributed by atoms with E-state index < -0.39 is 0 Å². The maximum absolute atomic E-state index is 12.7. The molecule has 1 aromatic carbocycles. The molecule has 1 heterocycles. The number of nitrogens with zero attached hydrogens (tertiary/aromatic N) is 1. The highest BCUT2D eigenvalue weighted by Gasteiger charge is 2.09. The van der Waals surface area contributed by atoms with Crippen LogP contribution in [-0.2, 0) is 6.42 Å². The van der Waals surface area contributed by atoms with E-state index in [1.165, 1.54) is 12.1 Å². The van der Waals surface area contributed by atoms with E-state index in [0.29, 0.717) is 5.56 Å². The van der Waals surface area contributed by atoms with Gasteiger partial charge in [-0.3, -0.25) is 9.78 Å². The Balaban J connectivity index is 2.17. The van der Waals surface area contributed by atoms with Crippen LogP contribution in [0, 0.1) is 12.7 Å². The molecule has 0 aliphatic carbocycles. The van der Waals surface area contributed by atoms with Gasteiger partial charge < -0.3 is 0 Å². The first-order valence-electron chi connectivity index (χ1n) is 5.35. The van der Waals surface area contributed by atoms with Gasteiger partial charge in [0, 0.05) is 24.4 Å². The first-order chi connectivity index (χ1) is 8.16. The number of aromatic nitrogens is 1. The molecule has 0 unspecified atom stereocenters. The molecule has 3 heteroatoms. The van der Waals surface area contributed by atoms with Crippen molar-refractivity contribution in [3.8, 4) is 0 Å². The van der Waals surface area contributed by atoms with Crippen molar-refractivity contribution in [1.29, 1.82) is 0 Å². The minimum absolute atomic E-state index is 0.00204. The van der Waals surface area contributed by atoms with Crippen molar-refractivity contribution in [2.75, 3.05) is 0 Å². The maximum atomic E-state index is 12.7. The molecule has 2 nitrogen and oxygen atoms in total. The minimum atomic E-state index is -0.293. The summed E-state index contributed by atoms with van der Waals surface area (Å²) in [5.74, 6) is -0.291. The smallest absolute Gasteiger partial charge is 0.169 e. The van der Waals surface area contributed by atoms with E-state index in [0.717, 1.165) is 11.1 Å². The summed E-state index contributed by atoms with van der Waals surface area (Å²) in [6.45, 7) is 1.87. The lowest BCUT2D eigenvalue weighted by Gasteiger charge is -2.04. The average molecular weight is 229 g/mol. The van der Waals surface area contributed by atoms with Gasteiger partial charge in [0.05, 0.1) is 0 Å². The van der Waals surface area contributed by atoms with Gasteiger partial charge in [-0.15, -0.1) is 0 Å². The third-order valence-electron chi connectivity index (χ3n) is 2.62. The van der Waals surface area contributed by atoms with Crippen LogP contribution < -0.4 is 0 Å². The molecule has 0 aliphatic rings. The Morgan fingerprint density at radius 2 is 1.94 bits per heavy atom. The Morgan fingerprint density at radius 1 is 1.24 bits per heavy atom. The largest absolute Gasteiger partial charge is 0.294 e. The number of carbonyl (C=O) groups excluding carboxylic acids is 1. The second kappa shape index (κ2) is 4.87. The van der Waals surface area contributed by atoms with E-state index >= 15 is 0 Å². The fourth-order valence-corrected chi connectivity index (χ4v) is 1.64. The molecule has 86 valence electrons. The molecule has 0 aliphatic heterocycles. The van der Waals surface area contributed by atoms with E-state index in [1.54, 1.807) is 30.6 Å². The Morgan fingerprint density at radius 3 is 2.59 bits per heavy atom. The molecule has 0 saturated heterocycles. The zero-order valence-electron chi connectivity index (χ0n) is 9.48. The second-order valence-electron chi connectivity index (χ2n) is 3.92. The zero-order chi connectivity index (χ0) is 12.3. The number of benzene rings is 1. The van der Waals surface area contributed by atoms with Crippen LogP contribution in [0.2, 0.25) is 0 Å². The average Bonchev–Trinajstić information content (AvgIpc) is 2.32. The van der Waals surface area contributed by atoms with Crippen molar-refractivity contribution in [3.05, 3.63) is 65.2 Å². The number of hydrogen-bond donors (Lipinski definition) is 0. The van der Waals surface area contributed by atoms with Gasteiger partial charge in [0.25, 0.3) is 0 Å². The van der Waals surface area contributed by atoms with E-state index in [1.807, 2.05) is 6.92 Å². The molecule has 2 aromatic rings. The third-order valence-corrected chi connectivity index (χ3v) is 2.62. The Labute approximate surface area is 99.1 Å². The molecular formula is C14H12FNO. The van der Waals surface area contributed by atoms with Gasteiger partial charge in [0.15, 0.2) is 5.78 Å². The molecule has 0 radical (unpaired) electrons. The third kappa shape index (κ3) is 2.75. The Bertz CT molecular complexity index is 534. The maximum Gasteiger partial charge on any atom is 0.169 e. The lowest BCUT2D eigenvalue weighted by Crippen LogP contribution is -2.06. The van der Waals surface area contributed by atoms with E-state index in [-0.39, 0.29) is 18.0 Å². The van der Waals surface area contributed by atoms with Crippen LogP contribution in [0.5, 0.6) is 0 Å². The highest BCUT2D eigenvalue weighted by molar-refractivity contribution is 5.98. The molecule has 0 atom stereocenters. The first-order valence-corrected chi connectivity index (χ1v) is 5.35. The number of pyridine rings is 1. The Kier molecular flexibility index (Phi) is 3.28. The van der Waals surface area contributed by atoms with Crippen molar-refractivity contribution in [3.63, 3.8) is 0 Å². The Hall–Kier alpha value is -2.03. The number of rotatable bonds is 3. The van der Waals surface area contributed by atoms with Crippen molar-refractivity contribution in [2.45, 2.75) is 13.3 Å². The summed E-state index contributed by atoms with van der Waals surface area (Å²) >= 11 is 0. The molecule has 1 aromatic heterocycles. The predicted octanol–water partition coefficient (Wildman–Crippen LogP) is 2.95. The van der Waals surface area contributed by atoms with Crippen LogP contribution in [0.25, 0.3) is 0 Å². The highest BCUT2D eigenvalue weighted by Crippen LogP contribution is 2.11.